The number of hydrogen-bond donors (Lipinski definition) is 2. The maximum Gasteiger partial charge on any atom is 0.198 e. The largest absolute Gasteiger partial charge is 0.369 e. The third-order valence-electron chi connectivity index (χ3n) is 2.53. The summed E-state index contributed by atoms with van der Waals surface area (Å²) in [5, 5.41) is 5.13. The first kappa shape index (κ1) is 10.1. The monoisotopic (exact) mass is 241 g/mol. The summed E-state index contributed by atoms with van der Waals surface area (Å²) >= 11 is 1.68. The molecular weight excluding hydrogens is 230 g/mol. The van der Waals surface area contributed by atoms with Gasteiger partial charge in [-0.15, -0.1) is 11.3 Å². The van der Waals surface area contributed by atoms with Crippen LogP contribution in [-0.4, -0.2) is 5.96 Å². The molecule has 0 atom stereocenters. The molecule has 0 saturated carbocycles. The highest BCUT2D eigenvalue weighted by atomic mass is 32.1. The highest BCUT2D eigenvalue weighted by Crippen LogP contribution is 2.25. The Bertz CT molecular complexity index is 572. The van der Waals surface area contributed by atoms with E-state index in [1.165, 1.54) is 0 Å². The number of guanidine groups is 1. The van der Waals surface area contributed by atoms with Crippen LogP contribution in [0.15, 0.2) is 64.2 Å². The average Bonchev–Trinajstić information content (AvgIpc) is 3.02. The smallest absolute Gasteiger partial charge is 0.198 e. The normalized spacial score (nSPS) is 18.1. The van der Waals surface area contributed by atoms with Gasteiger partial charge in [-0.25, -0.2) is 4.99 Å². The Morgan fingerprint density at radius 1 is 1.24 bits per heavy atom. The third-order valence-corrected chi connectivity index (χ3v) is 3.43. The van der Waals surface area contributed by atoms with Gasteiger partial charge in [-0.05, 0) is 17.5 Å². The fourth-order valence-electron chi connectivity index (χ4n) is 1.76. The van der Waals surface area contributed by atoms with Crippen molar-refractivity contribution < 1.29 is 0 Å². The molecule has 4 heteroatoms. The molecule has 1 aromatic rings. The summed E-state index contributed by atoms with van der Waals surface area (Å²) in [4.78, 5) is 5.47. The third kappa shape index (κ3) is 1.94. The second-order valence-electron chi connectivity index (χ2n) is 3.72. The molecule has 0 amide bonds. The average molecular weight is 241 g/mol. The highest BCUT2D eigenvalue weighted by molar-refractivity contribution is 7.11. The van der Waals surface area contributed by atoms with Crippen molar-refractivity contribution in [3.63, 3.8) is 0 Å². The summed E-state index contributed by atoms with van der Waals surface area (Å²) in [5.74, 6) is 0.437. The molecule has 0 radical (unpaired) electrons. The molecule has 84 valence electrons. The van der Waals surface area contributed by atoms with Crippen molar-refractivity contribution in [1.82, 2.24) is 5.32 Å². The van der Waals surface area contributed by atoms with Gasteiger partial charge in [-0.3, -0.25) is 0 Å². The fraction of sp³-hybridized carbons (Fsp3) is 0. The van der Waals surface area contributed by atoms with Gasteiger partial charge >= 0.3 is 0 Å². The zero-order valence-corrected chi connectivity index (χ0v) is 9.87. The van der Waals surface area contributed by atoms with Gasteiger partial charge in [-0.1, -0.05) is 30.4 Å². The Morgan fingerprint density at radius 2 is 2.06 bits per heavy atom. The molecule has 3 rings (SSSR count). The van der Waals surface area contributed by atoms with Gasteiger partial charge in [0.2, 0.25) is 0 Å². The van der Waals surface area contributed by atoms with Crippen LogP contribution in [0, 0.1) is 0 Å². The number of aliphatic imine (C=N–C) groups is 1. The Labute approximate surface area is 103 Å². The number of thiophene rings is 1. The summed E-state index contributed by atoms with van der Waals surface area (Å²) in [5.41, 5.74) is 8.80. The van der Waals surface area contributed by atoms with Gasteiger partial charge in [-0.2, -0.15) is 0 Å². The number of allylic oxidation sites excluding steroid dienone is 6. The van der Waals surface area contributed by atoms with Crippen LogP contribution in [0.4, 0.5) is 0 Å². The van der Waals surface area contributed by atoms with Gasteiger partial charge < -0.3 is 11.1 Å². The summed E-state index contributed by atoms with van der Waals surface area (Å²) in [7, 11) is 0. The van der Waals surface area contributed by atoms with E-state index < -0.39 is 0 Å². The van der Waals surface area contributed by atoms with E-state index in [2.05, 4.69) is 16.4 Å². The number of nitrogens with zero attached hydrogens (tertiary/aromatic N) is 1. The standard InChI is InChI=1S/C13H11N3S/c14-13-15-10(9-4-1-2-5-9)8-11(16-13)12-6-3-7-17-12/h1-8H,(H3,14,15,16). The number of rotatable bonds is 1. The Morgan fingerprint density at radius 3 is 2.76 bits per heavy atom. The molecule has 17 heavy (non-hydrogen) atoms. The van der Waals surface area contributed by atoms with Crippen LogP contribution < -0.4 is 11.1 Å². The van der Waals surface area contributed by atoms with Gasteiger partial charge in [0, 0.05) is 5.57 Å². The topological polar surface area (TPSA) is 50.4 Å². The van der Waals surface area contributed by atoms with Crippen LogP contribution in [-0.2, 0) is 0 Å². The van der Waals surface area contributed by atoms with E-state index >= 15 is 0 Å². The molecule has 2 aliphatic rings. The molecule has 3 nitrogen and oxygen atoms in total. The van der Waals surface area contributed by atoms with E-state index in [1.807, 2.05) is 41.8 Å². The van der Waals surface area contributed by atoms with E-state index in [0.717, 1.165) is 21.8 Å². The number of nitrogens with two attached hydrogens (primary N) is 1. The first-order valence-electron chi connectivity index (χ1n) is 5.29. The molecule has 0 aromatic carbocycles. The Hall–Kier alpha value is -2.07. The van der Waals surface area contributed by atoms with E-state index in [9.17, 15) is 0 Å². The van der Waals surface area contributed by atoms with Crippen molar-refractivity contribution >= 4 is 23.0 Å². The predicted octanol–water partition coefficient (Wildman–Crippen LogP) is 2.39. The van der Waals surface area contributed by atoms with Crippen molar-refractivity contribution in [3.8, 4) is 0 Å². The maximum atomic E-state index is 5.81. The van der Waals surface area contributed by atoms with Gasteiger partial charge in [0.25, 0.3) is 0 Å². The summed E-state index contributed by atoms with van der Waals surface area (Å²) < 4.78 is 0. The quantitative estimate of drug-likeness (QED) is 0.793. The molecule has 0 bridgehead atoms. The maximum absolute atomic E-state index is 5.81. The van der Waals surface area contributed by atoms with Crippen LogP contribution >= 0.6 is 11.3 Å². The molecular formula is C13H11N3S. The number of nitrogens with one attached hydrogen (secondary N) is 1. The predicted molar refractivity (Wildman–Crippen MR) is 72.4 cm³/mol. The van der Waals surface area contributed by atoms with Gasteiger partial charge in [0.15, 0.2) is 5.96 Å². The van der Waals surface area contributed by atoms with Crippen molar-refractivity contribution in [2.24, 2.45) is 10.7 Å². The van der Waals surface area contributed by atoms with Crippen LogP contribution in [0.3, 0.4) is 0 Å². The molecule has 0 spiro atoms. The van der Waals surface area contributed by atoms with E-state index in [4.69, 9.17) is 5.73 Å². The molecule has 1 aliphatic heterocycles. The van der Waals surface area contributed by atoms with E-state index in [-0.39, 0.29) is 0 Å². The van der Waals surface area contributed by atoms with Crippen molar-refractivity contribution in [2.75, 3.05) is 0 Å². The molecule has 0 unspecified atom stereocenters. The first-order chi connectivity index (χ1) is 8.33. The minimum Gasteiger partial charge on any atom is -0.369 e. The number of hydrogen-bond acceptors (Lipinski definition) is 4. The summed E-state index contributed by atoms with van der Waals surface area (Å²) in [6.07, 6.45) is 10.1. The van der Waals surface area contributed by atoms with E-state index in [0.29, 0.717) is 5.96 Å². The lowest BCUT2D eigenvalue weighted by Crippen LogP contribution is -2.32. The molecule has 2 heterocycles. The summed E-state index contributed by atoms with van der Waals surface area (Å²) in [6.45, 7) is 0. The van der Waals surface area contributed by atoms with Crippen LogP contribution in [0.25, 0.3) is 5.70 Å². The molecule has 1 aliphatic carbocycles. The fourth-order valence-corrected chi connectivity index (χ4v) is 2.46. The minimum atomic E-state index is 0.437. The first-order valence-corrected chi connectivity index (χ1v) is 6.17. The second kappa shape index (κ2) is 4.07. The lowest BCUT2D eigenvalue weighted by atomic mass is 10.1. The van der Waals surface area contributed by atoms with Crippen LogP contribution in [0.1, 0.15) is 4.88 Å². The van der Waals surface area contributed by atoms with Crippen molar-refractivity contribution in [3.05, 3.63) is 64.0 Å². The van der Waals surface area contributed by atoms with Crippen LogP contribution in [0.5, 0.6) is 0 Å². The Kier molecular flexibility index (Phi) is 2.42. The molecule has 1 aromatic heterocycles. The summed E-state index contributed by atoms with van der Waals surface area (Å²) in [6, 6.07) is 4.08. The van der Waals surface area contributed by atoms with Gasteiger partial charge in [0.1, 0.15) is 0 Å². The molecule has 0 fully saturated rings. The SMILES string of the molecule is NC1=NC(=C2C=CC=C2)C=C(c2cccs2)N1. The lowest BCUT2D eigenvalue weighted by molar-refractivity contribution is 1.17. The van der Waals surface area contributed by atoms with Gasteiger partial charge in [0.05, 0.1) is 16.3 Å². The lowest BCUT2D eigenvalue weighted by Gasteiger charge is -2.15. The zero-order valence-electron chi connectivity index (χ0n) is 9.05. The Balaban J connectivity index is 2.06. The van der Waals surface area contributed by atoms with Crippen molar-refractivity contribution in [2.45, 2.75) is 0 Å². The van der Waals surface area contributed by atoms with E-state index in [1.54, 1.807) is 11.3 Å². The zero-order chi connectivity index (χ0) is 11.7. The highest BCUT2D eigenvalue weighted by Gasteiger charge is 2.12. The molecule has 3 N–H and O–H groups in total. The second-order valence-corrected chi connectivity index (χ2v) is 4.66. The minimum absolute atomic E-state index is 0.437. The van der Waals surface area contributed by atoms with Crippen molar-refractivity contribution in [1.29, 1.82) is 0 Å². The van der Waals surface area contributed by atoms with Crippen LogP contribution in [0.2, 0.25) is 0 Å². The molecule has 0 saturated heterocycles.